The standard InChI is InChI=1S/C21H27NO4/c1-5-8-15(2)22-21(23)16-11-12-18(24-3)17(13-16)14-26-20-10-7-6-9-19(20)25-4/h6-7,9-13,15H,5,8,14H2,1-4H3,(H,22,23). The van der Waals surface area contributed by atoms with Crippen molar-refractivity contribution in [1.82, 2.24) is 5.32 Å². The van der Waals surface area contributed by atoms with Crippen LogP contribution in [0.5, 0.6) is 17.2 Å². The average Bonchev–Trinajstić information content (AvgIpc) is 2.66. The molecule has 0 aromatic heterocycles. The number of para-hydroxylation sites is 2. The van der Waals surface area contributed by atoms with Gasteiger partial charge in [0.15, 0.2) is 11.5 Å². The van der Waals surface area contributed by atoms with Gasteiger partial charge in [-0.15, -0.1) is 0 Å². The van der Waals surface area contributed by atoms with Crippen molar-refractivity contribution in [3.8, 4) is 17.2 Å². The Bertz CT molecular complexity index is 730. The summed E-state index contributed by atoms with van der Waals surface area (Å²) in [6, 6.07) is 13.0. The fraction of sp³-hybridized carbons (Fsp3) is 0.381. The molecule has 1 amide bonds. The molecule has 140 valence electrons. The monoisotopic (exact) mass is 357 g/mol. The second-order valence-corrected chi connectivity index (χ2v) is 6.13. The van der Waals surface area contributed by atoms with Gasteiger partial charge < -0.3 is 19.5 Å². The van der Waals surface area contributed by atoms with Crippen molar-refractivity contribution in [2.45, 2.75) is 39.3 Å². The molecule has 0 saturated heterocycles. The highest BCUT2D eigenvalue weighted by atomic mass is 16.5. The Hall–Kier alpha value is -2.69. The van der Waals surface area contributed by atoms with Crippen molar-refractivity contribution < 1.29 is 19.0 Å². The van der Waals surface area contributed by atoms with Crippen LogP contribution in [-0.2, 0) is 6.61 Å². The van der Waals surface area contributed by atoms with Crippen molar-refractivity contribution in [1.29, 1.82) is 0 Å². The second-order valence-electron chi connectivity index (χ2n) is 6.13. The number of benzene rings is 2. The van der Waals surface area contributed by atoms with E-state index >= 15 is 0 Å². The quantitative estimate of drug-likeness (QED) is 0.731. The Morgan fingerprint density at radius 1 is 1.04 bits per heavy atom. The molecule has 0 aliphatic heterocycles. The van der Waals surface area contributed by atoms with E-state index in [0.717, 1.165) is 18.4 Å². The number of carbonyl (C=O) groups excluding carboxylic acids is 1. The van der Waals surface area contributed by atoms with Gasteiger partial charge in [-0.2, -0.15) is 0 Å². The van der Waals surface area contributed by atoms with Crippen LogP contribution in [0.15, 0.2) is 42.5 Å². The van der Waals surface area contributed by atoms with Crippen molar-refractivity contribution >= 4 is 5.91 Å². The molecule has 0 aliphatic rings. The molecule has 0 aliphatic carbocycles. The molecule has 0 spiro atoms. The second kappa shape index (κ2) is 9.70. The Labute approximate surface area is 155 Å². The summed E-state index contributed by atoms with van der Waals surface area (Å²) in [4.78, 5) is 12.4. The minimum absolute atomic E-state index is 0.0906. The fourth-order valence-electron chi connectivity index (χ4n) is 2.74. The summed E-state index contributed by atoms with van der Waals surface area (Å²) in [5.41, 5.74) is 1.39. The number of methoxy groups -OCH3 is 2. The predicted octanol–water partition coefficient (Wildman–Crippen LogP) is 4.20. The first-order chi connectivity index (χ1) is 12.6. The molecule has 1 N–H and O–H groups in total. The van der Waals surface area contributed by atoms with Crippen molar-refractivity contribution in [2.75, 3.05) is 14.2 Å². The average molecular weight is 357 g/mol. The third-order valence-electron chi connectivity index (χ3n) is 4.09. The van der Waals surface area contributed by atoms with Crippen molar-refractivity contribution in [2.24, 2.45) is 0 Å². The van der Waals surface area contributed by atoms with E-state index in [2.05, 4.69) is 12.2 Å². The molecule has 0 saturated carbocycles. The van der Waals surface area contributed by atoms with Crippen LogP contribution in [0.1, 0.15) is 42.6 Å². The molecular formula is C21H27NO4. The number of amides is 1. The summed E-state index contributed by atoms with van der Waals surface area (Å²) in [7, 11) is 3.20. The van der Waals surface area contributed by atoms with Crippen molar-refractivity contribution in [3.63, 3.8) is 0 Å². The molecule has 0 bridgehead atoms. The van der Waals surface area contributed by atoms with Crippen LogP contribution in [0.3, 0.4) is 0 Å². The van der Waals surface area contributed by atoms with Gasteiger partial charge in [-0.25, -0.2) is 0 Å². The number of ether oxygens (including phenoxy) is 3. The van der Waals surface area contributed by atoms with Gasteiger partial charge in [0.2, 0.25) is 0 Å². The van der Waals surface area contributed by atoms with E-state index in [1.165, 1.54) is 0 Å². The van der Waals surface area contributed by atoms with Gasteiger partial charge in [0.25, 0.3) is 5.91 Å². The normalized spacial score (nSPS) is 11.5. The first kappa shape index (κ1) is 19.6. The number of carbonyl (C=O) groups is 1. The van der Waals surface area contributed by atoms with Crippen LogP contribution < -0.4 is 19.5 Å². The van der Waals surface area contributed by atoms with Crippen LogP contribution in [-0.4, -0.2) is 26.2 Å². The highest BCUT2D eigenvalue weighted by Crippen LogP contribution is 2.28. The number of nitrogens with one attached hydrogen (secondary N) is 1. The Kier molecular flexibility index (Phi) is 7.33. The third kappa shape index (κ3) is 5.15. The molecule has 2 aromatic rings. The first-order valence-corrected chi connectivity index (χ1v) is 8.82. The van der Waals surface area contributed by atoms with E-state index in [0.29, 0.717) is 22.8 Å². The summed E-state index contributed by atoms with van der Waals surface area (Å²) in [5.74, 6) is 1.89. The van der Waals surface area contributed by atoms with Crippen LogP contribution in [0.2, 0.25) is 0 Å². The van der Waals surface area contributed by atoms with E-state index in [-0.39, 0.29) is 18.6 Å². The summed E-state index contributed by atoms with van der Waals surface area (Å²) in [6.07, 6.45) is 1.98. The first-order valence-electron chi connectivity index (χ1n) is 8.82. The van der Waals surface area contributed by atoms with E-state index in [4.69, 9.17) is 14.2 Å². The molecule has 26 heavy (non-hydrogen) atoms. The Balaban J connectivity index is 2.15. The Morgan fingerprint density at radius 2 is 1.73 bits per heavy atom. The van der Waals surface area contributed by atoms with Gasteiger partial charge in [0, 0.05) is 17.2 Å². The molecule has 5 heteroatoms. The van der Waals surface area contributed by atoms with Crippen LogP contribution in [0, 0.1) is 0 Å². The van der Waals surface area contributed by atoms with Gasteiger partial charge in [-0.05, 0) is 43.7 Å². The number of hydrogen-bond donors (Lipinski definition) is 1. The molecule has 2 rings (SSSR count). The number of rotatable bonds is 9. The third-order valence-corrected chi connectivity index (χ3v) is 4.09. The molecule has 1 atom stereocenters. The SMILES string of the molecule is CCCC(C)NC(=O)c1ccc(OC)c(COc2ccccc2OC)c1. The van der Waals surface area contributed by atoms with Gasteiger partial charge in [-0.3, -0.25) is 4.79 Å². The predicted molar refractivity (Wildman–Crippen MR) is 102 cm³/mol. The minimum atomic E-state index is -0.0906. The lowest BCUT2D eigenvalue weighted by molar-refractivity contribution is 0.0938. The van der Waals surface area contributed by atoms with Gasteiger partial charge >= 0.3 is 0 Å². The highest BCUT2D eigenvalue weighted by Gasteiger charge is 2.13. The smallest absolute Gasteiger partial charge is 0.251 e. The lowest BCUT2D eigenvalue weighted by Crippen LogP contribution is -2.32. The Morgan fingerprint density at radius 3 is 2.38 bits per heavy atom. The molecule has 0 fully saturated rings. The zero-order valence-electron chi connectivity index (χ0n) is 15.9. The van der Waals surface area contributed by atoms with Crippen molar-refractivity contribution in [3.05, 3.63) is 53.6 Å². The summed E-state index contributed by atoms with van der Waals surface area (Å²) in [6.45, 7) is 4.38. The van der Waals surface area contributed by atoms with Gasteiger partial charge in [0.05, 0.1) is 14.2 Å². The topological polar surface area (TPSA) is 56.8 Å². The molecule has 0 heterocycles. The zero-order chi connectivity index (χ0) is 18.9. The highest BCUT2D eigenvalue weighted by molar-refractivity contribution is 5.94. The van der Waals surface area contributed by atoms with E-state index in [1.807, 2.05) is 37.3 Å². The summed E-state index contributed by atoms with van der Waals surface area (Å²) >= 11 is 0. The van der Waals surface area contributed by atoms with Crippen LogP contribution in [0.25, 0.3) is 0 Å². The molecule has 5 nitrogen and oxygen atoms in total. The van der Waals surface area contributed by atoms with Crippen LogP contribution >= 0.6 is 0 Å². The number of hydrogen-bond acceptors (Lipinski definition) is 4. The maximum Gasteiger partial charge on any atom is 0.251 e. The van der Waals surface area contributed by atoms with E-state index in [1.54, 1.807) is 26.4 Å². The fourth-order valence-corrected chi connectivity index (χ4v) is 2.74. The molecule has 0 radical (unpaired) electrons. The lowest BCUT2D eigenvalue weighted by atomic mass is 10.1. The largest absolute Gasteiger partial charge is 0.496 e. The zero-order valence-corrected chi connectivity index (χ0v) is 15.9. The maximum atomic E-state index is 12.4. The maximum absolute atomic E-state index is 12.4. The summed E-state index contributed by atoms with van der Waals surface area (Å²) in [5, 5.41) is 3.01. The molecule has 2 aromatic carbocycles. The van der Waals surface area contributed by atoms with E-state index in [9.17, 15) is 4.79 Å². The van der Waals surface area contributed by atoms with Crippen LogP contribution in [0.4, 0.5) is 0 Å². The van der Waals surface area contributed by atoms with E-state index < -0.39 is 0 Å². The molecule has 1 unspecified atom stereocenters. The summed E-state index contributed by atoms with van der Waals surface area (Å²) < 4.78 is 16.6. The van der Waals surface area contributed by atoms with Gasteiger partial charge in [0.1, 0.15) is 12.4 Å². The minimum Gasteiger partial charge on any atom is -0.496 e. The van der Waals surface area contributed by atoms with Gasteiger partial charge in [-0.1, -0.05) is 25.5 Å². The lowest BCUT2D eigenvalue weighted by Gasteiger charge is -2.15. The molecular weight excluding hydrogens is 330 g/mol.